The van der Waals surface area contributed by atoms with Gasteiger partial charge in [0.2, 0.25) is 0 Å². The van der Waals surface area contributed by atoms with Gasteiger partial charge in [-0.1, -0.05) is 17.3 Å². The fourth-order valence-corrected chi connectivity index (χ4v) is 4.04. The molecule has 0 N–H and O–H groups in total. The van der Waals surface area contributed by atoms with E-state index in [9.17, 15) is 22.4 Å². The molecule has 10 heteroatoms. The van der Waals surface area contributed by atoms with Crippen molar-refractivity contribution in [1.29, 1.82) is 0 Å². The van der Waals surface area contributed by atoms with E-state index < -0.39 is 30.5 Å². The van der Waals surface area contributed by atoms with Crippen LogP contribution >= 0.6 is 22.6 Å². The topological polar surface area (TPSA) is 51.0 Å². The molecule has 1 aliphatic heterocycles. The lowest BCUT2D eigenvalue weighted by atomic mass is 10.1. The van der Waals surface area contributed by atoms with Crippen molar-refractivity contribution in [2.24, 2.45) is 0 Å². The third-order valence-electron chi connectivity index (χ3n) is 5.22. The smallest absolute Gasteiger partial charge is 0.301 e. The number of aryl methyl sites for hydroxylation is 1. The Kier molecular flexibility index (Phi) is 5.75. The zero-order valence-corrected chi connectivity index (χ0v) is 18.5. The Hall–Kier alpha value is -2.50. The first-order chi connectivity index (χ1) is 14.6. The summed E-state index contributed by atoms with van der Waals surface area (Å²) in [7, 11) is 0. The van der Waals surface area contributed by atoms with Crippen molar-refractivity contribution >= 4 is 34.2 Å². The van der Waals surface area contributed by atoms with Crippen molar-refractivity contribution in [3.63, 3.8) is 0 Å². The highest BCUT2D eigenvalue weighted by Crippen LogP contribution is 2.35. The van der Waals surface area contributed by atoms with E-state index in [-0.39, 0.29) is 24.1 Å². The quantitative estimate of drug-likeness (QED) is 0.342. The molecule has 0 saturated carbocycles. The molecule has 162 valence electrons. The maximum atomic E-state index is 14.4. The zero-order chi connectivity index (χ0) is 22.3. The van der Waals surface area contributed by atoms with E-state index in [1.165, 1.54) is 22.9 Å². The monoisotopic (exact) mass is 544 g/mol. The minimum Gasteiger partial charge on any atom is -0.301 e. The van der Waals surface area contributed by atoms with Gasteiger partial charge in [-0.3, -0.25) is 4.79 Å². The number of anilines is 1. The second kappa shape index (κ2) is 8.21. The Balaban J connectivity index is 1.71. The number of hydrogen-bond acceptors (Lipinski definition) is 3. The summed E-state index contributed by atoms with van der Waals surface area (Å²) >= 11 is 2.21. The minimum absolute atomic E-state index is 0.0570. The Bertz CT molecular complexity index is 1140. The molecule has 1 aliphatic rings. The second-order valence-electron chi connectivity index (χ2n) is 7.38. The molecule has 0 aliphatic carbocycles. The van der Waals surface area contributed by atoms with Crippen LogP contribution in [0.5, 0.6) is 0 Å². The summed E-state index contributed by atoms with van der Waals surface area (Å²) in [5.41, 5.74) is 2.37. The van der Waals surface area contributed by atoms with Gasteiger partial charge < -0.3 is 4.90 Å². The van der Waals surface area contributed by atoms with E-state index in [1.54, 1.807) is 6.20 Å². The van der Waals surface area contributed by atoms with Crippen LogP contribution in [0.2, 0.25) is 0 Å². The number of fused-ring (bicyclic) bond motifs is 1. The zero-order valence-electron chi connectivity index (χ0n) is 16.3. The number of benzene rings is 2. The van der Waals surface area contributed by atoms with Crippen LogP contribution in [0.3, 0.4) is 0 Å². The van der Waals surface area contributed by atoms with Gasteiger partial charge >= 0.3 is 6.18 Å². The first kappa shape index (κ1) is 21.7. The molecule has 0 saturated heterocycles. The molecule has 2 heterocycles. The van der Waals surface area contributed by atoms with Crippen molar-refractivity contribution in [1.82, 2.24) is 15.0 Å². The van der Waals surface area contributed by atoms with Crippen LogP contribution in [-0.4, -0.2) is 33.6 Å². The average molecular weight is 544 g/mol. The summed E-state index contributed by atoms with van der Waals surface area (Å²) in [5.74, 6) is -1.43. The predicted octanol–water partition coefficient (Wildman–Crippen LogP) is 5.08. The number of carbonyl (C=O) groups excluding carboxylic acids is 1. The number of halogens is 5. The van der Waals surface area contributed by atoms with E-state index in [4.69, 9.17) is 0 Å². The summed E-state index contributed by atoms with van der Waals surface area (Å²) in [6, 6.07) is 8.50. The van der Waals surface area contributed by atoms with Crippen LogP contribution in [-0.2, 0) is 11.2 Å². The first-order valence-corrected chi connectivity index (χ1v) is 10.6. The minimum atomic E-state index is -4.64. The summed E-state index contributed by atoms with van der Waals surface area (Å²) in [6.07, 6.45) is -2.89. The van der Waals surface area contributed by atoms with Crippen LogP contribution in [0.1, 0.15) is 23.6 Å². The molecule has 1 atom stereocenters. The molecule has 1 amide bonds. The number of hydrogen-bond donors (Lipinski definition) is 0. The summed E-state index contributed by atoms with van der Waals surface area (Å²) in [4.78, 5) is 13.8. The number of amides is 1. The lowest BCUT2D eigenvalue weighted by Crippen LogP contribution is -2.42. The Morgan fingerprint density at radius 2 is 2.00 bits per heavy atom. The van der Waals surface area contributed by atoms with E-state index in [1.807, 2.05) is 25.1 Å². The van der Waals surface area contributed by atoms with Crippen molar-refractivity contribution in [2.45, 2.75) is 32.0 Å². The van der Waals surface area contributed by atoms with Gasteiger partial charge in [0.1, 0.15) is 24.1 Å². The maximum absolute atomic E-state index is 14.4. The lowest BCUT2D eigenvalue weighted by molar-refractivity contribution is -0.134. The molecular weight excluding hydrogens is 527 g/mol. The third-order valence-corrected chi connectivity index (χ3v) is 6.43. The van der Waals surface area contributed by atoms with Crippen LogP contribution in [0, 0.1) is 16.3 Å². The van der Waals surface area contributed by atoms with Gasteiger partial charge in [0.05, 0.1) is 11.9 Å². The third kappa shape index (κ3) is 4.43. The van der Waals surface area contributed by atoms with Crippen molar-refractivity contribution in [3.05, 3.63) is 63.1 Å². The van der Waals surface area contributed by atoms with E-state index in [2.05, 4.69) is 32.9 Å². The molecule has 0 radical (unpaired) electrons. The fraction of sp³-hybridized carbons (Fsp3) is 0.286. The molecule has 4 rings (SSSR count). The molecule has 0 bridgehead atoms. The lowest BCUT2D eigenvalue weighted by Gasteiger charge is -2.26. The molecule has 5 nitrogen and oxygen atoms in total. The Morgan fingerprint density at radius 3 is 2.71 bits per heavy atom. The molecule has 0 spiro atoms. The van der Waals surface area contributed by atoms with Crippen LogP contribution in [0.15, 0.2) is 42.6 Å². The number of nitrogens with zero attached hydrogens (tertiary/aromatic N) is 4. The van der Waals surface area contributed by atoms with Crippen LogP contribution < -0.4 is 4.90 Å². The summed E-state index contributed by atoms with van der Waals surface area (Å²) in [5, 5.41) is 8.13. The van der Waals surface area contributed by atoms with Gasteiger partial charge in [0.15, 0.2) is 0 Å². The van der Waals surface area contributed by atoms with Gasteiger partial charge in [0, 0.05) is 14.7 Å². The molecule has 0 fully saturated rings. The van der Waals surface area contributed by atoms with Gasteiger partial charge in [-0.15, -0.1) is 5.10 Å². The van der Waals surface area contributed by atoms with E-state index in [0.717, 1.165) is 14.7 Å². The average Bonchev–Trinajstić information content (AvgIpc) is 3.13. The van der Waals surface area contributed by atoms with Gasteiger partial charge in [-0.25, -0.2) is 9.07 Å². The highest BCUT2D eigenvalue weighted by atomic mass is 127. The molecule has 3 aromatic rings. The van der Waals surface area contributed by atoms with Crippen LogP contribution in [0.25, 0.3) is 11.3 Å². The van der Waals surface area contributed by atoms with Gasteiger partial charge in [0.25, 0.3) is 5.91 Å². The Morgan fingerprint density at radius 1 is 1.23 bits per heavy atom. The van der Waals surface area contributed by atoms with E-state index in [0.29, 0.717) is 10.6 Å². The number of rotatable bonds is 3. The SMILES string of the molecule is Cc1cc(-c2cn(C3CCc4c(F)cccc4N(CC(F)(F)F)C3=O)nn2)ccc1I. The summed E-state index contributed by atoms with van der Waals surface area (Å²) in [6.45, 7) is 0.446. The van der Waals surface area contributed by atoms with Crippen LogP contribution in [0.4, 0.5) is 23.2 Å². The molecule has 1 aromatic heterocycles. The molecule has 1 unspecified atom stereocenters. The second-order valence-corrected chi connectivity index (χ2v) is 8.54. The van der Waals surface area contributed by atoms with Crippen molar-refractivity contribution in [3.8, 4) is 11.3 Å². The highest BCUT2D eigenvalue weighted by molar-refractivity contribution is 14.1. The number of carbonyl (C=O) groups is 1. The number of alkyl halides is 3. The fourth-order valence-electron chi connectivity index (χ4n) is 3.70. The number of aromatic nitrogens is 3. The van der Waals surface area contributed by atoms with Crippen molar-refractivity contribution < 1.29 is 22.4 Å². The highest BCUT2D eigenvalue weighted by Gasteiger charge is 2.40. The first-order valence-electron chi connectivity index (χ1n) is 9.48. The molecular formula is C21H17F4IN4O. The largest absolute Gasteiger partial charge is 0.406 e. The maximum Gasteiger partial charge on any atom is 0.406 e. The van der Waals surface area contributed by atoms with Gasteiger partial charge in [-0.05, 0) is 72.2 Å². The Labute approximate surface area is 189 Å². The van der Waals surface area contributed by atoms with E-state index >= 15 is 0 Å². The molecule has 2 aromatic carbocycles. The van der Waals surface area contributed by atoms with Gasteiger partial charge in [-0.2, -0.15) is 13.2 Å². The summed E-state index contributed by atoms with van der Waals surface area (Å²) < 4.78 is 56.4. The normalized spacial score (nSPS) is 16.9. The standard InChI is InChI=1S/C21H17F4IN4O/c1-12-9-13(5-7-16(12)26)17-10-30(28-27-17)19-8-6-14-15(22)3-2-4-18(14)29(20(19)31)11-21(23,24)25/h2-5,7,9-10,19H,6,8,11H2,1H3. The van der Waals surface area contributed by atoms with Crippen molar-refractivity contribution in [2.75, 3.05) is 11.4 Å². The molecule has 31 heavy (non-hydrogen) atoms. The predicted molar refractivity (Wildman–Crippen MR) is 115 cm³/mol.